The first kappa shape index (κ1) is 14.8. The number of anilines is 1. The highest BCUT2D eigenvalue weighted by molar-refractivity contribution is 5.95. The number of pyridine rings is 1. The van der Waals surface area contributed by atoms with Gasteiger partial charge in [-0.05, 0) is 25.8 Å². The number of aromatic carboxylic acids is 1. The van der Waals surface area contributed by atoms with E-state index in [-0.39, 0.29) is 23.2 Å². The minimum atomic E-state index is -1.14. The maximum Gasteiger partial charge on any atom is 0.337 e. The first-order valence-corrected chi connectivity index (χ1v) is 6.52. The fourth-order valence-corrected chi connectivity index (χ4v) is 1.61. The molecule has 0 saturated heterocycles. The summed E-state index contributed by atoms with van der Waals surface area (Å²) in [5.74, 6) is -1.38. The van der Waals surface area contributed by atoms with Gasteiger partial charge in [-0.3, -0.25) is 9.78 Å². The number of carboxylic acid groups (broad SMARTS) is 1. The van der Waals surface area contributed by atoms with E-state index in [0.717, 1.165) is 12.8 Å². The zero-order chi connectivity index (χ0) is 15.4. The lowest BCUT2D eigenvalue weighted by Gasteiger charge is -2.14. The number of aromatic nitrogens is 1. The van der Waals surface area contributed by atoms with E-state index in [1.165, 1.54) is 18.5 Å². The molecule has 8 heteroatoms. The molecule has 1 saturated carbocycles. The van der Waals surface area contributed by atoms with Gasteiger partial charge in [-0.25, -0.2) is 9.59 Å². The van der Waals surface area contributed by atoms with E-state index in [1.807, 2.05) is 0 Å². The number of hydrogen-bond donors (Lipinski definition) is 4. The molecule has 1 fully saturated rings. The molecule has 2 rings (SSSR count). The van der Waals surface area contributed by atoms with Crippen molar-refractivity contribution >= 4 is 23.6 Å². The summed E-state index contributed by atoms with van der Waals surface area (Å²) in [6, 6.07) is 0.226. The summed E-state index contributed by atoms with van der Waals surface area (Å²) in [5.41, 5.74) is 0.203. The number of carboxylic acids is 1. The standard InChI is InChI=1S/C13H16N4O4/c1-7(11(18)16-9-2-3-9)15-13(21)17-10-4-8(12(19)20)5-14-6-10/h4-7,9H,2-3H2,1H3,(H,16,18)(H,19,20)(H2,15,17,21). The molecule has 1 unspecified atom stereocenters. The van der Waals surface area contributed by atoms with E-state index in [1.54, 1.807) is 6.92 Å². The Morgan fingerprint density at radius 3 is 2.67 bits per heavy atom. The molecule has 1 aromatic heterocycles. The largest absolute Gasteiger partial charge is 0.478 e. The summed E-state index contributed by atoms with van der Waals surface area (Å²) in [5, 5.41) is 16.5. The van der Waals surface area contributed by atoms with E-state index >= 15 is 0 Å². The number of carbonyl (C=O) groups excluding carboxylic acids is 2. The fourth-order valence-electron chi connectivity index (χ4n) is 1.61. The number of urea groups is 1. The second kappa shape index (κ2) is 6.21. The highest BCUT2D eigenvalue weighted by atomic mass is 16.4. The van der Waals surface area contributed by atoms with Crippen molar-refractivity contribution in [2.24, 2.45) is 0 Å². The maximum absolute atomic E-state index is 11.7. The summed E-state index contributed by atoms with van der Waals surface area (Å²) in [7, 11) is 0. The number of amides is 3. The van der Waals surface area contributed by atoms with Crippen molar-refractivity contribution in [3.63, 3.8) is 0 Å². The molecule has 0 spiro atoms. The maximum atomic E-state index is 11.7. The lowest BCUT2D eigenvalue weighted by atomic mass is 10.2. The molecule has 112 valence electrons. The molecule has 1 atom stereocenters. The molecule has 0 radical (unpaired) electrons. The molecule has 0 aromatic carbocycles. The van der Waals surface area contributed by atoms with Gasteiger partial charge in [0.15, 0.2) is 0 Å². The van der Waals surface area contributed by atoms with E-state index in [4.69, 9.17) is 5.11 Å². The zero-order valence-electron chi connectivity index (χ0n) is 11.4. The van der Waals surface area contributed by atoms with Gasteiger partial charge in [-0.2, -0.15) is 0 Å². The van der Waals surface area contributed by atoms with Crippen molar-refractivity contribution in [3.05, 3.63) is 24.0 Å². The summed E-state index contributed by atoms with van der Waals surface area (Å²) in [4.78, 5) is 37.9. The van der Waals surface area contributed by atoms with Crippen LogP contribution < -0.4 is 16.0 Å². The lowest BCUT2D eigenvalue weighted by molar-refractivity contribution is -0.122. The van der Waals surface area contributed by atoms with E-state index in [2.05, 4.69) is 20.9 Å². The van der Waals surface area contributed by atoms with Gasteiger partial charge in [0.2, 0.25) is 5.91 Å². The molecule has 1 aliphatic rings. The van der Waals surface area contributed by atoms with Crippen molar-refractivity contribution in [2.45, 2.75) is 31.8 Å². The van der Waals surface area contributed by atoms with E-state index < -0.39 is 18.0 Å². The summed E-state index contributed by atoms with van der Waals surface area (Å²) >= 11 is 0. The minimum Gasteiger partial charge on any atom is -0.478 e. The Kier molecular flexibility index (Phi) is 4.36. The highest BCUT2D eigenvalue weighted by Crippen LogP contribution is 2.18. The molecule has 1 heterocycles. The quantitative estimate of drug-likeness (QED) is 0.632. The Balaban J connectivity index is 1.87. The van der Waals surface area contributed by atoms with Crippen LogP contribution in [-0.2, 0) is 4.79 Å². The van der Waals surface area contributed by atoms with Crippen LogP contribution in [0, 0.1) is 0 Å². The Morgan fingerprint density at radius 2 is 2.05 bits per heavy atom. The molecule has 21 heavy (non-hydrogen) atoms. The molecule has 3 amide bonds. The van der Waals surface area contributed by atoms with Gasteiger partial charge in [0, 0.05) is 12.2 Å². The second-order valence-corrected chi connectivity index (χ2v) is 4.87. The molecule has 1 aliphatic carbocycles. The molecular weight excluding hydrogens is 276 g/mol. The third kappa shape index (κ3) is 4.44. The average Bonchev–Trinajstić information content (AvgIpc) is 3.22. The van der Waals surface area contributed by atoms with Gasteiger partial charge >= 0.3 is 12.0 Å². The van der Waals surface area contributed by atoms with Gasteiger partial charge < -0.3 is 21.1 Å². The topological polar surface area (TPSA) is 120 Å². The number of hydrogen-bond acceptors (Lipinski definition) is 4. The SMILES string of the molecule is CC(NC(=O)Nc1cncc(C(=O)O)c1)C(=O)NC1CC1. The second-order valence-electron chi connectivity index (χ2n) is 4.87. The number of carbonyl (C=O) groups is 3. The molecule has 0 aliphatic heterocycles. The molecule has 1 aromatic rings. The Bertz CT molecular complexity index is 571. The van der Waals surface area contributed by atoms with Crippen LogP contribution in [0.15, 0.2) is 18.5 Å². The predicted molar refractivity (Wildman–Crippen MR) is 74.0 cm³/mol. The van der Waals surface area contributed by atoms with Crippen molar-refractivity contribution in [1.29, 1.82) is 0 Å². The van der Waals surface area contributed by atoms with Crippen LogP contribution in [0.3, 0.4) is 0 Å². The van der Waals surface area contributed by atoms with E-state index in [9.17, 15) is 14.4 Å². The monoisotopic (exact) mass is 292 g/mol. The fraction of sp³-hybridized carbons (Fsp3) is 0.385. The van der Waals surface area contributed by atoms with Crippen LogP contribution in [-0.4, -0.2) is 40.1 Å². The van der Waals surface area contributed by atoms with Crippen LogP contribution in [0.2, 0.25) is 0 Å². The number of nitrogens with one attached hydrogen (secondary N) is 3. The van der Waals surface area contributed by atoms with Gasteiger partial charge in [0.05, 0.1) is 17.4 Å². The molecular formula is C13H16N4O4. The van der Waals surface area contributed by atoms with Gasteiger partial charge in [-0.1, -0.05) is 0 Å². The van der Waals surface area contributed by atoms with Gasteiger partial charge in [-0.15, -0.1) is 0 Å². The van der Waals surface area contributed by atoms with Crippen molar-refractivity contribution in [1.82, 2.24) is 15.6 Å². The Hall–Kier alpha value is -2.64. The number of nitrogens with zero attached hydrogens (tertiary/aromatic N) is 1. The Morgan fingerprint density at radius 1 is 1.33 bits per heavy atom. The van der Waals surface area contributed by atoms with Crippen molar-refractivity contribution in [3.8, 4) is 0 Å². The lowest BCUT2D eigenvalue weighted by Crippen LogP contribution is -2.46. The average molecular weight is 292 g/mol. The van der Waals surface area contributed by atoms with Crippen LogP contribution in [0.25, 0.3) is 0 Å². The highest BCUT2D eigenvalue weighted by Gasteiger charge is 2.26. The molecule has 8 nitrogen and oxygen atoms in total. The summed E-state index contributed by atoms with van der Waals surface area (Å²) in [6.45, 7) is 1.57. The zero-order valence-corrected chi connectivity index (χ0v) is 11.4. The number of rotatable bonds is 5. The van der Waals surface area contributed by atoms with E-state index in [0.29, 0.717) is 0 Å². The normalized spacial score (nSPS) is 14.9. The van der Waals surface area contributed by atoms with Crippen LogP contribution in [0.1, 0.15) is 30.1 Å². The van der Waals surface area contributed by atoms with Crippen LogP contribution in [0.5, 0.6) is 0 Å². The minimum absolute atomic E-state index is 0.0349. The molecule has 0 bridgehead atoms. The smallest absolute Gasteiger partial charge is 0.337 e. The molecule has 4 N–H and O–H groups in total. The summed E-state index contributed by atoms with van der Waals surface area (Å²) in [6.07, 6.45) is 4.44. The van der Waals surface area contributed by atoms with Crippen molar-refractivity contribution < 1.29 is 19.5 Å². The predicted octanol–water partition coefficient (Wildman–Crippen LogP) is 0.568. The summed E-state index contributed by atoms with van der Waals surface area (Å²) < 4.78 is 0. The first-order chi connectivity index (χ1) is 9.95. The van der Waals surface area contributed by atoms with Gasteiger partial charge in [0.1, 0.15) is 6.04 Å². The third-order valence-corrected chi connectivity index (χ3v) is 2.91. The van der Waals surface area contributed by atoms with Crippen LogP contribution >= 0.6 is 0 Å². The first-order valence-electron chi connectivity index (χ1n) is 6.52. The van der Waals surface area contributed by atoms with Crippen LogP contribution in [0.4, 0.5) is 10.5 Å². The Labute approximate surface area is 120 Å². The van der Waals surface area contributed by atoms with Crippen molar-refractivity contribution in [2.75, 3.05) is 5.32 Å². The third-order valence-electron chi connectivity index (χ3n) is 2.91. The van der Waals surface area contributed by atoms with Gasteiger partial charge in [0.25, 0.3) is 0 Å².